The molecule has 4 rings (SSSR count). The average molecular weight is 343 g/mol. The van der Waals surface area contributed by atoms with Gasteiger partial charge >= 0.3 is 0 Å². The summed E-state index contributed by atoms with van der Waals surface area (Å²) >= 11 is 0. The molecule has 1 aliphatic carbocycles. The third-order valence-electron chi connectivity index (χ3n) is 5.54. The molecule has 1 saturated heterocycles. The minimum absolute atomic E-state index is 0.0262. The zero-order valence-electron chi connectivity index (χ0n) is 15.4. The van der Waals surface area contributed by atoms with Gasteiger partial charge in [-0.3, -0.25) is 9.89 Å². The highest BCUT2D eigenvalue weighted by atomic mass is 16.5. The Hall–Kier alpha value is -2.31. The lowest BCUT2D eigenvalue weighted by Crippen LogP contribution is -2.31. The molecule has 3 heterocycles. The maximum Gasteiger partial charge on any atom is 0.274 e. The van der Waals surface area contributed by atoms with Crippen LogP contribution in [0.2, 0.25) is 0 Å². The highest BCUT2D eigenvalue weighted by molar-refractivity contribution is 5.92. The predicted molar refractivity (Wildman–Crippen MR) is 93.9 cm³/mol. The first kappa shape index (κ1) is 16.2. The van der Waals surface area contributed by atoms with Crippen molar-refractivity contribution in [1.82, 2.24) is 20.3 Å². The summed E-state index contributed by atoms with van der Waals surface area (Å²) in [5, 5.41) is 11.4. The maximum absolute atomic E-state index is 12.7. The van der Waals surface area contributed by atoms with E-state index >= 15 is 0 Å². The number of anilines is 1. The number of piperidine rings is 1. The van der Waals surface area contributed by atoms with Gasteiger partial charge in [-0.25, -0.2) is 0 Å². The lowest BCUT2D eigenvalue weighted by molar-refractivity contribution is 0.0766. The Morgan fingerprint density at radius 2 is 2.04 bits per heavy atom. The molecular weight excluding hydrogens is 318 g/mol. The monoisotopic (exact) mass is 343 g/mol. The van der Waals surface area contributed by atoms with Gasteiger partial charge in [0.25, 0.3) is 5.91 Å². The number of carbonyl (C=O) groups excluding carboxylic acids is 1. The van der Waals surface area contributed by atoms with Crippen molar-refractivity contribution in [2.75, 3.05) is 32.1 Å². The largest absolute Gasteiger partial charge is 0.373 e. The molecule has 2 aromatic heterocycles. The standard InChI is InChI=1S/C18H25N5O2/c1-9(2)13-6-14(20-19-13)18(24)23-7-11-12(8-23)15(11)16-17(22(4)5)10(3)25-21-16/h6,9,11-12,15H,7-8H2,1-5H3,(H,19,20). The Labute approximate surface area is 147 Å². The van der Waals surface area contributed by atoms with Crippen LogP contribution in [0, 0.1) is 18.8 Å². The number of aryl methyl sites for hydroxylation is 1. The van der Waals surface area contributed by atoms with Gasteiger partial charge in [0, 0.05) is 38.8 Å². The number of hydrogen-bond acceptors (Lipinski definition) is 5. The smallest absolute Gasteiger partial charge is 0.274 e. The summed E-state index contributed by atoms with van der Waals surface area (Å²) < 4.78 is 5.41. The third kappa shape index (κ3) is 2.53. The van der Waals surface area contributed by atoms with Crippen LogP contribution in [0.1, 0.15) is 53.3 Å². The quantitative estimate of drug-likeness (QED) is 0.922. The Morgan fingerprint density at radius 1 is 1.36 bits per heavy atom. The second-order valence-corrected chi connectivity index (χ2v) is 7.79. The predicted octanol–water partition coefficient (Wildman–Crippen LogP) is 2.38. The van der Waals surface area contributed by atoms with Crippen LogP contribution in [-0.4, -0.2) is 53.3 Å². The van der Waals surface area contributed by atoms with E-state index in [0.717, 1.165) is 35.9 Å². The molecule has 0 spiro atoms. The Bertz CT molecular complexity index is 794. The van der Waals surface area contributed by atoms with Crippen molar-refractivity contribution in [3.63, 3.8) is 0 Å². The molecule has 1 saturated carbocycles. The number of aromatic nitrogens is 3. The van der Waals surface area contributed by atoms with Crippen molar-refractivity contribution in [2.24, 2.45) is 11.8 Å². The number of hydrogen-bond donors (Lipinski definition) is 1. The topological polar surface area (TPSA) is 78.3 Å². The van der Waals surface area contributed by atoms with E-state index in [9.17, 15) is 4.79 Å². The number of carbonyl (C=O) groups is 1. The van der Waals surface area contributed by atoms with Gasteiger partial charge in [0.05, 0.1) is 0 Å². The molecule has 2 atom stereocenters. The normalized spacial score (nSPS) is 24.7. The molecular formula is C18H25N5O2. The van der Waals surface area contributed by atoms with Gasteiger partial charge in [0.2, 0.25) is 0 Å². The summed E-state index contributed by atoms with van der Waals surface area (Å²) in [6.45, 7) is 7.66. The third-order valence-corrected chi connectivity index (χ3v) is 5.54. The van der Waals surface area contributed by atoms with Crippen LogP contribution in [0.5, 0.6) is 0 Å². The lowest BCUT2D eigenvalue weighted by atomic mass is 10.1. The van der Waals surface area contributed by atoms with Crippen LogP contribution in [0.3, 0.4) is 0 Å². The fourth-order valence-corrected chi connectivity index (χ4v) is 4.15. The first-order valence-corrected chi connectivity index (χ1v) is 8.86. The molecule has 2 aromatic rings. The molecule has 0 aromatic carbocycles. The summed E-state index contributed by atoms with van der Waals surface area (Å²) in [6, 6.07) is 1.87. The van der Waals surface area contributed by atoms with Gasteiger partial charge in [0.15, 0.2) is 5.76 Å². The molecule has 1 aliphatic heterocycles. The SMILES string of the molecule is Cc1onc(C2C3CN(C(=O)c4cc(C(C)C)[nH]n4)CC32)c1N(C)C. The van der Waals surface area contributed by atoms with Crippen LogP contribution in [0.25, 0.3) is 0 Å². The molecule has 134 valence electrons. The van der Waals surface area contributed by atoms with Gasteiger partial charge < -0.3 is 14.3 Å². The van der Waals surface area contributed by atoms with Crippen LogP contribution in [-0.2, 0) is 0 Å². The first-order valence-electron chi connectivity index (χ1n) is 8.86. The Morgan fingerprint density at radius 3 is 2.60 bits per heavy atom. The minimum Gasteiger partial charge on any atom is -0.373 e. The van der Waals surface area contributed by atoms with E-state index in [1.165, 1.54) is 0 Å². The van der Waals surface area contributed by atoms with Gasteiger partial charge in [-0.1, -0.05) is 19.0 Å². The maximum atomic E-state index is 12.7. The van der Waals surface area contributed by atoms with Crippen LogP contribution in [0.15, 0.2) is 10.6 Å². The zero-order valence-corrected chi connectivity index (χ0v) is 15.4. The molecule has 0 radical (unpaired) electrons. The highest BCUT2D eigenvalue weighted by Crippen LogP contribution is 2.59. The second kappa shape index (κ2) is 5.61. The van der Waals surface area contributed by atoms with E-state index in [2.05, 4.69) is 34.1 Å². The average Bonchev–Trinajstić information content (AvgIpc) is 3.04. The molecule has 7 nitrogen and oxygen atoms in total. The fraction of sp³-hybridized carbons (Fsp3) is 0.611. The van der Waals surface area contributed by atoms with Gasteiger partial charge in [0.1, 0.15) is 17.1 Å². The minimum atomic E-state index is 0.0262. The molecule has 0 bridgehead atoms. The van der Waals surface area contributed by atoms with Crippen molar-refractivity contribution in [1.29, 1.82) is 0 Å². The summed E-state index contributed by atoms with van der Waals surface area (Å²) in [4.78, 5) is 16.7. The summed E-state index contributed by atoms with van der Waals surface area (Å²) in [7, 11) is 4.03. The number of amides is 1. The van der Waals surface area contributed by atoms with Crippen LogP contribution in [0.4, 0.5) is 5.69 Å². The molecule has 25 heavy (non-hydrogen) atoms. The number of fused-ring (bicyclic) bond motifs is 1. The highest BCUT2D eigenvalue weighted by Gasteiger charge is 2.59. The summed E-state index contributed by atoms with van der Waals surface area (Å²) in [5.74, 6) is 2.59. The van der Waals surface area contributed by atoms with E-state index in [1.54, 1.807) is 0 Å². The number of nitrogens with zero attached hydrogens (tertiary/aromatic N) is 4. The Kier molecular flexibility index (Phi) is 3.63. The summed E-state index contributed by atoms with van der Waals surface area (Å²) in [5.41, 5.74) is 3.66. The number of rotatable bonds is 4. The summed E-state index contributed by atoms with van der Waals surface area (Å²) in [6.07, 6.45) is 0. The van der Waals surface area contributed by atoms with E-state index in [4.69, 9.17) is 4.52 Å². The number of aromatic amines is 1. The van der Waals surface area contributed by atoms with Gasteiger partial charge in [-0.05, 0) is 30.7 Å². The zero-order chi connectivity index (χ0) is 17.9. The fourth-order valence-electron chi connectivity index (χ4n) is 4.15. The van der Waals surface area contributed by atoms with Crippen LogP contribution < -0.4 is 4.90 Å². The van der Waals surface area contributed by atoms with Gasteiger partial charge in [-0.15, -0.1) is 0 Å². The van der Waals surface area contributed by atoms with E-state index in [0.29, 0.717) is 29.4 Å². The molecule has 1 N–H and O–H groups in total. The van der Waals surface area contributed by atoms with Gasteiger partial charge in [-0.2, -0.15) is 5.10 Å². The Balaban J connectivity index is 1.45. The number of likely N-dealkylation sites (tertiary alicyclic amines) is 1. The molecule has 1 amide bonds. The first-order chi connectivity index (χ1) is 11.9. The van der Waals surface area contributed by atoms with Crippen molar-refractivity contribution in [3.8, 4) is 0 Å². The van der Waals surface area contributed by atoms with Crippen molar-refractivity contribution < 1.29 is 9.32 Å². The van der Waals surface area contributed by atoms with Crippen molar-refractivity contribution >= 4 is 11.6 Å². The van der Waals surface area contributed by atoms with E-state index in [-0.39, 0.29) is 5.91 Å². The molecule has 2 fully saturated rings. The molecule has 2 unspecified atom stereocenters. The molecule has 2 aliphatic rings. The number of H-pyrrole nitrogens is 1. The molecule has 7 heteroatoms. The second-order valence-electron chi connectivity index (χ2n) is 7.79. The van der Waals surface area contributed by atoms with E-state index in [1.807, 2.05) is 32.0 Å². The van der Waals surface area contributed by atoms with Crippen molar-refractivity contribution in [2.45, 2.75) is 32.6 Å². The van der Waals surface area contributed by atoms with E-state index < -0.39 is 0 Å². The van der Waals surface area contributed by atoms with Crippen LogP contribution >= 0.6 is 0 Å². The van der Waals surface area contributed by atoms with Crippen molar-refractivity contribution in [3.05, 3.63) is 28.9 Å². The number of nitrogens with one attached hydrogen (secondary N) is 1. The lowest BCUT2D eigenvalue weighted by Gasteiger charge is -2.19.